The average molecular weight is 403 g/mol. The smallest absolute Gasteiger partial charge is 0.871 e. The minimum atomic E-state index is -4.55. The molecule has 2 rings (SSSR count). The standard InChI is InChI=1S/C19H24O5S.K/c1-2-3-4-5-7-10-15-13-19(25(21,22)23)17(20)14-18(15)24-16-11-8-6-9-12-16;/h6,8-9,11-14,20H,2-5,7,10H2,1H3,(H,21,22,23);/q;+1/p-1. The van der Waals surface area contributed by atoms with E-state index in [1.165, 1.54) is 6.07 Å². The van der Waals surface area contributed by atoms with Crippen LogP contribution in [0.15, 0.2) is 47.4 Å². The first kappa shape index (κ1) is 23.6. The second-order valence-electron chi connectivity index (χ2n) is 5.96. The molecule has 5 nitrogen and oxygen atoms in total. The molecule has 0 saturated carbocycles. The summed E-state index contributed by atoms with van der Waals surface area (Å²) in [7, 11) is -4.55. The molecule has 0 atom stereocenters. The van der Waals surface area contributed by atoms with Crippen molar-refractivity contribution >= 4 is 10.1 Å². The van der Waals surface area contributed by atoms with E-state index < -0.39 is 20.8 Å². The minimum absolute atomic E-state index is 0. The van der Waals surface area contributed by atoms with Crippen molar-refractivity contribution in [1.29, 1.82) is 0 Å². The first-order valence-electron chi connectivity index (χ1n) is 8.46. The molecule has 26 heavy (non-hydrogen) atoms. The van der Waals surface area contributed by atoms with Gasteiger partial charge in [0.15, 0.2) is 0 Å². The van der Waals surface area contributed by atoms with E-state index in [4.69, 9.17) is 4.74 Å². The van der Waals surface area contributed by atoms with E-state index in [9.17, 15) is 18.1 Å². The van der Waals surface area contributed by atoms with Gasteiger partial charge in [-0.25, -0.2) is 0 Å². The molecule has 2 aromatic carbocycles. The number of para-hydroxylation sites is 1. The van der Waals surface area contributed by atoms with Gasteiger partial charge in [0, 0.05) is 0 Å². The third-order valence-electron chi connectivity index (χ3n) is 3.93. The van der Waals surface area contributed by atoms with Gasteiger partial charge in [0.25, 0.3) is 10.1 Å². The number of rotatable bonds is 9. The molecule has 136 valence electrons. The van der Waals surface area contributed by atoms with Crippen LogP contribution in [0.5, 0.6) is 17.2 Å². The van der Waals surface area contributed by atoms with E-state index in [0.717, 1.165) is 38.2 Å². The maximum atomic E-state index is 12.0. The van der Waals surface area contributed by atoms with E-state index in [0.29, 0.717) is 23.5 Å². The van der Waals surface area contributed by atoms with Crippen LogP contribution in [0.3, 0.4) is 0 Å². The molecule has 0 aliphatic rings. The predicted octanol–water partition coefficient (Wildman–Crippen LogP) is 1.32. The van der Waals surface area contributed by atoms with Crippen molar-refractivity contribution in [2.24, 2.45) is 0 Å². The van der Waals surface area contributed by atoms with Crippen LogP contribution < -0.4 is 61.2 Å². The van der Waals surface area contributed by atoms with Crippen LogP contribution >= 0.6 is 0 Å². The van der Waals surface area contributed by atoms with Gasteiger partial charge in [-0.05, 0) is 42.7 Å². The van der Waals surface area contributed by atoms with Crippen molar-refractivity contribution in [3.8, 4) is 17.2 Å². The zero-order valence-electron chi connectivity index (χ0n) is 15.3. The van der Waals surface area contributed by atoms with E-state index in [2.05, 4.69) is 6.92 Å². The summed E-state index contributed by atoms with van der Waals surface area (Å²) in [5, 5.41) is 12.0. The van der Waals surface area contributed by atoms with Gasteiger partial charge < -0.3 is 9.84 Å². The van der Waals surface area contributed by atoms with Crippen LogP contribution in [0.1, 0.15) is 44.6 Å². The fourth-order valence-electron chi connectivity index (χ4n) is 2.61. The van der Waals surface area contributed by atoms with Crippen molar-refractivity contribution in [3.63, 3.8) is 0 Å². The Kier molecular flexibility index (Phi) is 10.4. The maximum Gasteiger partial charge on any atom is 1.00 e. The molecule has 0 aliphatic carbocycles. The Hall–Kier alpha value is -0.414. The van der Waals surface area contributed by atoms with Crippen LogP contribution in [0, 0.1) is 0 Å². The molecule has 0 heterocycles. The Morgan fingerprint density at radius 1 is 1.04 bits per heavy atom. The summed E-state index contributed by atoms with van der Waals surface area (Å²) in [5.41, 5.74) is 0.604. The van der Waals surface area contributed by atoms with Gasteiger partial charge in [-0.15, -0.1) is 0 Å². The summed E-state index contributed by atoms with van der Waals surface area (Å²) < 4.78 is 37.8. The van der Waals surface area contributed by atoms with Gasteiger partial charge in [-0.2, -0.15) is 8.42 Å². The van der Waals surface area contributed by atoms with Crippen LogP contribution in [0.2, 0.25) is 0 Å². The van der Waals surface area contributed by atoms with Crippen molar-refractivity contribution in [2.45, 2.75) is 50.3 Å². The van der Waals surface area contributed by atoms with Crippen LogP contribution in [0.25, 0.3) is 0 Å². The quantitative estimate of drug-likeness (QED) is 0.388. The molecule has 0 radical (unpaired) electrons. The van der Waals surface area contributed by atoms with Gasteiger partial charge in [-0.1, -0.05) is 56.6 Å². The molecule has 0 aliphatic heterocycles. The second kappa shape index (κ2) is 11.4. The summed E-state index contributed by atoms with van der Waals surface area (Å²) in [6, 6.07) is 11.3. The number of hydrogen-bond donors (Lipinski definition) is 1. The molecule has 2 aromatic rings. The van der Waals surface area contributed by atoms with Crippen molar-refractivity contribution in [1.82, 2.24) is 0 Å². The second-order valence-corrected chi connectivity index (χ2v) is 7.35. The van der Waals surface area contributed by atoms with Crippen molar-refractivity contribution in [3.05, 3.63) is 48.0 Å². The van der Waals surface area contributed by atoms with Gasteiger partial charge >= 0.3 is 51.4 Å². The molecular weight excluding hydrogens is 379 g/mol. The molecule has 0 spiro atoms. The normalized spacial score (nSPS) is 11.0. The molecule has 0 saturated heterocycles. The molecular formula is C19H23KO5S. The molecule has 1 N–H and O–H groups in total. The van der Waals surface area contributed by atoms with Gasteiger partial charge in [0.05, 0.1) is 4.90 Å². The number of benzene rings is 2. The summed E-state index contributed by atoms with van der Waals surface area (Å²) >= 11 is 0. The summed E-state index contributed by atoms with van der Waals surface area (Å²) in [6.45, 7) is 2.14. The largest absolute Gasteiger partial charge is 1.00 e. The minimum Gasteiger partial charge on any atom is -0.871 e. The molecule has 0 unspecified atom stereocenters. The summed E-state index contributed by atoms with van der Waals surface area (Å²) in [5.74, 6) is 0.121. The Bertz CT molecular complexity index is 791. The zero-order valence-corrected chi connectivity index (χ0v) is 19.2. The number of aryl methyl sites for hydroxylation is 1. The Labute approximate surface area is 198 Å². The van der Waals surface area contributed by atoms with E-state index >= 15 is 0 Å². The van der Waals surface area contributed by atoms with E-state index in [1.807, 2.05) is 18.2 Å². The fourth-order valence-corrected chi connectivity index (χ4v) is 3.21. The topological polar surface area (TPSA) is 86.7 Å². The molecule has 0 bridgehead atoms. The van der Waals surface area contributed by atoms with Crippen molar-refractivity contribution < 1.29 is 74.2 Å². The Morgan fingerprint density at radius 3 is 2.31 bits per heavy atom. The summed E-state index contributed by atoms with van der Waals surface area (Å²) in [4.78, 5) is -0.600. The van der Waals surface area contributed by atoms with Crippen molar-refractivity contribution in [2.75, 3.05) is 0 Å². The van der Waals surface area contributed by atoms with Crippen LogP contribution in [-0.2, 0) is 16.5 Å². The van der Waals surface area contributed by atoms with Gasteiger partial charge in [0.2, 0.25) is 0 Å². The predicted molar refractivity (Wildman–Crippen MR) is 94.7 cm³/mol. The maximum absolute atomic E-state index is 12.0. The van der Waals surface area contributed by atoms with Crippen LogP contribution in [0.4, 0.5) is 0 Å². The first-order chi connectivity index (χ1) is 11.9. The molecule has 0 amide bonds. The monoisotopic (exact) mass is 402 g/mol. The fraction of sp³-hybridized carbons (Fsp3) is 0.368. The molecule has 0 fully saturated rings. The zero-order chi connectivity index (χ0) is 18.3. The third-order valence-corrected chi connectivity index (χ3v) is 4.80. The van der Waals surface area contributed by atoms with Crippen LogP contribution in [-0.4, -0.2) is 13.0 Å². The molecule has 0 aromatic heterocycles. The van der Waals surface area contributed by atoms with E-state index in [-0.39, 0.29) is 51.4 Å². The first-order valence-corrected chi connectivity index (χ1v) is 9.90. The van der Waals surface area contributed by atoms with Gasteiger partial charge in [-0.3, -0.25) is 4.55 Å². The SMILES string of the molecule is CCCCCCCc1cc(S(=O)(=O)O)c([O-])cc1Oc1ccccc1.[K+]. The molecule has 7 heteroatoms. The average Bonchev–Trinajstić information content (AvgIpc) is 2.56. The van der Waals surface area contributed by atoms with Gasteiger partial charge in [0.1, 0.15) is 11.5 Å². The number of unbranched alkanes of at least 4 members (excludes halogenated alkanes) is 4. The summed E-state index contributed by atoms with van der Waals surface area (Å²) in [6.07, 6.45) is 5.85. The van der Waals surface area contributed by atoms with E-state index in [1.54, 1.807) is 12.1 Å². The third kappa shape index (κ3) is 7.30. The Morgan fingerprint density at radius 2 is 1.69 bits per heavy atom. The Balaban J connectivity index is 0.00000338. The number of hydrogen-bond acceptors (Lipinski definition) is 4. The number of ether oxygens (including phenoxy) is 1.